The fourth-order valence-electron chi connectivity index (χ4n) is 1.82. The molecule has 0 saturated heterocycles. The highest BCUT2D eigenvalue weighted by Crippen LogP contribution is 2.18. The average molecular weight is 306 g/mol. The van der Waals surface area contributed by atoms with E-state index in [1.165, 1.54) is 16.3 Å². The Labute approximate surface area is 127 Å². The number of aromatic nitrogens is 2. The van der Waals surface area contributed by atoms with Crippen LogP contribution >= 0.6 is 11.8 Å². The van der Waals surface area contributed by atoms with Gasteiger partial charge in [-0.1, -0.05) is 23.9 Å². The second-order valence-electron chi connectivity index (χ2n) is 5.65. The maximum Gasteiger partial charge on any atom is 0.316 e. The van der Waals surface area contributed by atoms with Crippen LogP contribution in [-0.4, -0.2) is 26.9 Å². The molecule has 0 aliphatic rings. The van der Waals surface area contributed by atoms with Crippen molar-refractivity contribution in [1.82, 2.24) is 9.55 Å². The quantitative estimate of drug-likeness (QED) is 0.495. The Hall–Kier alpha value is -1.82. The molecule has 6 heteroatoms. The van der Waals surface area contributed by atoms with E-state index in [2.05, 4.69) is 4.98 Å². The number of ether oxygens (including phenoxy) is 1. The molecule has 1 aromatic heterocycles. The highest BCUT2D eigenvalue weighted by atomic mass is 32.2. The van der Waals surface area contributed by atoms with Gasteiger partial charge in [0.1, 0.15) is 5.60 Å². The summed E-state index contributed by atoms with van der Waals surface area (Å²) in [5.74, 6) is -0.203. The predicted molar refractivity (Wildman–Crippen MR) is 83.6 cm³/mol. The molecule has 21 heavy (non-hydrogen) atoms. The van der Waals surface area contributed by atoms with Gasteiger partial charge in [-0.2, -0.15) is 0 Å². The second kappa shape index (κ2) is 5.89. The Bertz CT molecular complexity index is 732. The molecule has 2 rings (SSSR count). The largest absolute Gasteiger partial charge is 0.459 e. The van der Waals surface area contributed by atoms with Crippen LogP contribution in [-0.2, 0) is 16.6 Å². The standard InChI is InChI=1S/C15H18N2O3S/c1-15(2,3)20-12(18)9-21-14-16-11-8-6-5-7-10(11)13(19)17(14)4/h5-8H,9H2,1-4H3. The Morgan fingerprint density at radius 3 is 2.67 bits per heavy atom. The fourth-order valence-corrected chi connectivity index (χ4v) is 2.57. The number of hydrogen-bond acceptors (Lipinski definition) is 5. The van der Waals surface area contributed by atoms with Crippen LogP contribution in [0.1, 0.15) is 20.8 Å². The summed E-state index contributed by atoms with van der Waals surface area (Å²) in [5, 5.41) is 1.08. The number of fused-ring (bicyclic) bond motifs is 1. The van der Waals surface area contributed by atoms with E-state index in [-0.39, 0.29) is 17.3 Å². The Kier molecular flexibility index (Phi) is 4.37. The average Bonchev–Trinajstić information content (AvgIpc) is 2.39. The summed E-state index contributed by atoms with van der Waals surface area (Å²) in [6.45, 7) is 5.46. The Morgan fingerprint density at radius 1 is 1.33 bits per heavy atom. The molecular formula is C15H18N2O3S. The van der Waals surface area contributed by atoms with Crippen LogP contribution in [0.4, 0.5) is 0 Å². The molecule has 0 atom stereocenters. The molecule has 1 aromatic carbocycles. The first-order chi connectivity index (χ1) is 9.78. The summed E-state index contributed by atoms with van der Waals surface area (Å²) in [6, 6.07) is 7.16. The van der Waals surface area contributed by atoms with Gasteiger partial charge < -0.3 is 4.74 Å². The smallest absolute Gasteiger partial charge is 0.316 e. The van der Waals surface area contributed by atoms with Crippen LogP contribution in [0.2, 0.25) is 0 Å². The van der Waals surface area contributed by atoms with Gasteiger partial charge in [0.2, 0.25) is 0 Å². The number of para-hydroxylation sites is 1. The maximum absolute atomic E-state index is 12.2. The molecule has 2 aromatic rings. The summed E-state index contributed by atoms with van der Waals surface area (Å²) in [5.41, 5.74) is -0.0000553. The number of rotatable bonds is 3. The zero-order valence-corrected chi connectivity index (χ0v) is 13.4. The Balaban J connectivity index is 2.21. The molecule has 0 saturated carbocycles. The number of carbonyl (C=O) groups excluding carboxylic acids is 1. The zero-order chi connectivity index (χ0) is 15.6. The number of thioether (sulfide) groups is 1. The molecular weight excluding hydrogens is 288 g/mol. The summed E-state index contributed by atoms with van der Waals surface area (Å²) in [6.07, 6.45) is 0. The van der Waals surface area contributed by atoms with Crippen LogP contribution < -0.4 is 5.56 Å². The molecule has 112 valence electrons. The molecule has 0 bridgehead atoms. The summed E-state index contributed by atoms with van der Waals surface area (Å²) >= 11 is 1.20. The van der Waals surface area contributed by atoms with Gasteiger partial charge >= 0.3 is 5.97 Å². The number of carbonyl (C=O) groups is 1. The highest BCUT2D eigenvalue weighted by Gasteiger charge is 2.17. The lowest BCUT2D eigenvalue weighted by Crippen LogP contribution is -2.25. The van der Waals surface area contributed by atoms with Crippen molar-refractivity contribution >= 4 is 28.6 Å². The van der Waals surface area contributed by atoms with Crippen LogP contribution in [0.5, 0.6) is 0 Å². The zero-order valence-electron chi connectivity index (χ0n) is 12.5. The lowest BCUT2D eigenvalue weighted by atomic mass is 10.2. The van der Waals surface area contributed by atoms with E-state index in [1.807, 2.05) is 26.8 Å². The maximum atomic E-state index is 12.2. The minimum Gasteiger partial charge on any atom is -0.459 e. The van der Waals surface area contributed by atoms with Gasteiger partial charge in [-0.25, -0.2) is 4.98 Å². The van der Waals surface area contributed by atoms with Crippen molar-refractivity contribution in [3.8, 4) is 0 Å². The van der Waals surface area contributed by atoms with E-state index in [9.17, 15) is 9.59 Å². The number of benzene rings is 1. The molecule has 0 aliphatic carbocycles. The van der Waals surface area contributed by atoms with Gasteiger partial charge in [-0.05, 0) is 32.9 Å². The van der Waals surface area contributed by atoms with E-state index >= 15 is 0 Å². The molecule has 5 nitrogen and oxygen atoms in total. The summed E-state index contributed by atoms with van der Waals surface area (Å²) in [7, 11) is 1.65. The highest BCUT2D eigenvalue weighted by molar-refractivity contribution is 7.99. The van der Waals surface area contributed by atoms with E-state index in [1.54, 1.807) is 25.2 Å². The summed E-state index contributed by atoms with van der Waals surface area (Å²) < 4.78 is 6.70. The first kappa shape index (κ1) is 15.6. The lowest BCUT2D eigenvalue weighted by Gasteiger charge is -2.19. The monoisotopic (exact) mass is 306 g/mol. The molecule has 1 heterocycles. The van der Waals surface area contributed by atoms with Crippen molar-refractivity contribution < 1.29 is 9.53 Å². The third-order valence-corrected chi connectivity index (χ3v) is 3.68. The van der Waals surface area contributed by atoms with Crippen LogP contribution in [0.3, 0.4) is 0 Å². The fraction of sp³-hybridized carbons (Fsp3) is 0.400. The third-order valence-electron chi connectivity index (χ3n) is 2.68. The van der Waals surface area contributed by atoms with E-state index < -0.39 is 5.60 Å². The van der Waals surface area contributed by atoms with Gasteiger partial charge in [0.25, 0.3) is 5.56 Å². The predicted octanol–water partition coefficient (Wildman–Crippen LogP) is 2.37. The SMILES string of the molecule is Cn1c(SCC(=O)OC(C)(C)C)nc2ccccc2c1=O. The van der Waals surface area contributed by atoms with Gasteiger partial charge in [0, 0.05) is 7.05 Å². The molecule has 0 N–H and O–H groups in total. The molecule has 0 radical (unpaired) electrons. The molecule has 0 amide bonds. The van der Waals surface area contributed by atoms with E-state index in [0.29, 0.717) is 16.1 Å². The van der Waals surface area contributed by atoms with E-state index in [4.69, 9.17) is 4.74 Å². The number of nitrogens with zero attached hydrogens (tertiary/aromatic N) is 2. The minimum absolute atomic E-state index is 0.118. The number of esters is 1. The van der Waals surface area contributed by atoms with Crippen molar-refractivity contribution in [3.63, 3.8) is 0 Å². The molecule has 0 unspecified atom stereocenters. The third kappa shape index (κ3) is 3.85. The summed E-state index contributed by atoms with van der Waals surface area (Å²) in [4.78, 5) is 28.4. The van der Waals surface area contributed by atoms with Crippen molar-refractivity contribution in [1.29, 1.82) is 0 Å². The van der Waals surface area contributed by atoms with Gasteiger partial charge in [-0.3, -0.25) is 14.2 Å². The number of hydrogen-bond donors (Lipinski definition) is 0. The second-order valence-corrected chi connectivity index (χ2v) is 6.59. The van der Waals surface area contributed by atoms with Gasteiger partial charge in [-0.15, -0.1) is 0 Å². The van der Waals surface area contributed by atoms with Crippen molar-refractivity contribution in [2.45, 2.75) is 31.5 Å². The van der Waals surface area contributed by atoms with E-state index in [0.717, 1.165) is 0 Å². The van der Waals surface area contributed by atoms with Crippen LogP contribution in [0.15, 0.2) is 34.2 Å². The van der Waals surface area contributed by atoms with Crippen molar-refractivity contribution in [2.24, 2.45) is 7.05 Å². The van der Waals surface area contributed by atoms with Crippen molar-refractivity contribution in [3.05, 3.63) is 34.6 Å². The first-order valence-corrected chi connectivity index (χ1v) is 7.57. The van der Waals surface area contributed by atoms with Crippen LogP contribution in [0.25, 0.3) is 10.9 Å². The molecule has 0 aliphatic heterocycles. The molecule has 0 spiro atoms. The van der Waals surface area contributed by atoms with Crippen LogP contribution in [0, 0.1) is 0 Å². The Morgan fingerprint density at radius 2 is 2.00 bits per heavy atom. The normalized spacial score (nSPS) is 11.6. The van der Waals surface area contributed by atoms with Gasteiger partial charge in [0.15, 0.2) is 5.16 Å². The molecule has 0 fully saturated rings. The first-order valence-electron chi connectivity index (χ1n) is 6.58. The minimum atomic E-state index is -0.514. The lowest BCUT2D eigenvalue weighted by molar-refractivity contribution is -0.151. The topological polar surface area (TPSA) is 61.2 Å². The van der Waals surface area contributed by atoms with Gasteiger partial charge in [0.05, 0.1) is 16.7 Å². The van der Waals surface area contributed by atoms with Crippen molar-refractivity contribution in [2.75, 3.05) is 5.75 Å².